The second-order valence-corrected chi connectivity index (χ2v) is 7.43. The quantitative estimate of drug-likeness (QED) is 0.865. The molecule has 2 N–H and O–H groups in total. The summed E-state index contributed by atoms with van der Waals surface area (Å²) >= 11 is 2.63. The molecule has 0 fully saturated rings. The molecule has 0 saturated carbocycles. The van der Waals surface area contributed by atoms with Crippen molar-refractivity contribution in [2.24, 2.45) is 0 Å². The highest BCUT2D eigenvalue weighted by molar-refractivity contribution is 7.98. The maximum absolute atomic E-state index is 12.1. The summed E-state index contributed by atoms with van der Waals surface area (Å²) in [6, 6.07) is 0. The van der Waals surface area contributed by atoms with Crippen molar-refractivity contribution >= 4 is 29.2 Å². The zero-order valence-electron chi connectivity index (χ0n) is 12.0. The summed E-state index contributed by atoms with van der Waals surface area (Å²) in [6.07, 6.45) is 1.92. The molecule has 0 radical (unpaired) electrons. The molecule has 108 valence electrons. The Labute approximate surface area is 122 Å². The van der Waals surface area contributed by atoms with E-state index in [0.717, 1.165) is 11.5 Å². The van der Waals surface area contributed by atoms with Gasteiger partial charge in [-0.1, -0.05) is 25.3 Å². The predicted molar refractivity (Wildman–Crippen MR) is 79.9 cm³/mol. The summed E-state index contributed by atoms with van der Waals surface area (Å²) in [6.45, 7) is 7.90. The van der Waals surface area contributed by atoms with E-state index in [4.69, 9.17) is 0 Å². The van der Waals surface area contributed by atoms with E-state index in [0.29, 0.717) is 16.3 Å². The Balaban J connectivity index is 2.73. The molecule has 7 heteroatoms. The number of nitrogens with one attached hydrogen (secondary N) is 1. The number of thioether (sulfide) groups is 1. The van der Waals surface area contributed by atoms with Crippen LogP contribution >= 0.6 is 23.3 Å². The first-order chi connectivity index (χ1) is 8.67. The minimum atomic E-state index is -0.908. The van der Waals surface area contributed by atoms with Crippen molar-refractivity contribution < 1.29 is 9.90 Å². The summed E-state index contributed by atoms with van der Waals surface area (Å²) in [7, 11) is 0. The van der Waals surface area contributed by atoms with E-state index in [1.165, 1.54) is 0 Å². The number of aliphatic hydroxyl groups is 1. The molecule has 0 bridgehead atoms. The molecule has 0 saturated heterocycles. The van der Waals surface area contributed by atoms with Gasteiger partial charge in [0.05, 0.1) is 11.3 Å². The summed E-state index contributed by atoms with van der Waals surface area (Å²) < 4.78 is 3.85. The molecule has 1 heterocycles. The van der Waals surface area contributed by atoms with Gasteiger partial charge in [-0.2, -0.15) is 11.8 Å². The molecule has 0 aromatic carbocycles. The molecule has 0 aliphatic rings. The smallest absolute Gasteiger partial charge is 0.265 e. The van der Waals surface area contributed by atoms with Crippen LogP contribution in [0.2, 0.25) is 0 Å². The monoisotopic (exact) mass is 303 g/mol. The topological polar surface area (TPSA) is 75.1 Å². The van der Waals surface area contributed by atoms with Gasteiger partial charge in [0.15, 0.2) is 0 Å². The molecular formula is C12H21N3O2S2. The lowest BCUT2D eigenvalue weighted by molar-refractivity contribution is 0.0726. The van der Waals surface area contributed by atoms with E-state index in [-0.39, 0.29) is 17.9 Å². The number of nitrogens with zero attached hydrogens (tertiary/aromatic N) is 2. The van der Waals surface area contributed by atoms with Gasteiger partial charge in [0.2, 0.25) is 0 Å². The first-order valence-corrected chi connectivity index (χ1v) is 8.16. The molecule has 1 aromatic heterocycles. The van der Waals surface area contributed by atoms with Gasteiger partial charge in [0, 0.05) is 17.7 Å². The SMILES string of the molecule is CSCC(C)(O)CNC(=O)c1snnc1C(C)(C)C. The Kier molecular flexibility index (Phi) is 5.34. The van der Waals surface area contributed by atoms with E-state index in [1.54, 1.807) is 18.7 Å². The lowest BCUT2D eigenvalue weighted by atomic mass is 9.91. The van der Waals surface area contributed by atoms with Crippen LogP contribution < -0.4 is 5.32 Å². The molecule has 0 spiro atoms. The van der Waals surface area contributed by atoms with E-state index < -0.39 is 5.60 Å². The van der Waals surface area contributed by atoms with E-state index in [9.17, 15) is 9.90 Å². The van der Waals surface area contributed by atoms with Crippen molar-refractivity contribution in [2.45, 2.75) is 38.7 Å². The lowest BCUT2D eigenvalue weighted by Gasteiger charge is -2.22. The molecule has 1 aromatic rings. The van der Waals surface area contributed by atoms with Gasteiger partial charge in [0.25, 0.3) is 5.91 Å². The molecule has 19 heavy (non-hydrogen) atoms. The van der Waals surface area contributed by atoms with Gasteiger partial charge >= 0.3 is 0 Å². The maximum atomic E-state index is 12.1. The number of hydrogen-bond donors (Lipinski definition) is 2. The zero-order chi connectivity index (χ0) is 14.7. The largest absolute Gasteiger partial charge is 0.387 e. The Bertz CT molecular complexity index is 438. The van der Waals surface area contributed by atoms with E-state index in [2.05, 4.69) is 14.9 Å². The van der Waals surface area contributed by atoms with Crippen LogP contribution in [0.25, 0.3) is 0 Å². The van der Waals surface area contributed by atoms with Gasteiger partial charge in [-0.25, -0.2) is 0 Å². The number of rotatable bonds is 5. The lowest BCUT2D eigenvalue weighted by Crippen LogP contribution is -2.42. The standard InChI is InChI=1S/C12H21N3O2S2/c1-11(2,3)9-8(19-15-14-9)10(16)13-6-12(4,17)7-18-5/h17H,6-7H2,1-5H3,(H,13,16). The fourth-order valence-corrected chi connectivity index (χ4v) is 3.06. The third-order valence-electron chi connectivity index (χ3n) is 2.49. The highest BCUT2D eigenvalue weighted by atomic mass is 32.2. The number of amides is 1. The Morgan fingerprint density at radius 2 is 2.05 bits per heavy atom. The summed E-state index contributed by atoms with van der Waals surface area (Å²) in [5, 5.41) is 16.8. The number of carbonyl (C=O) groups is 1. The average molecular weight is 303 g/mol. The van der Waals surface area contributed by atoms with Crippen LogP contribution in [0.15, 0.2) is 0 Å². The van der Waals surface area contributed by atoms with Crippen LogP contribution in [0.4, 0.5) is 0 Å². The van der Waals surface area contributed by atoms with Crippen molar-refractivity contribution in [2.75, 3.05) is 18.6 Å². The summed E-state index contributed by atoms with van der Waals surface area (Å²) in [5.74, 6) is 0.349. The minimum Gasteiger partial charge on any atom is -0.387 e. The third kappa shape index (κ3) is 4.74. The average Bonchev–Trinajstić information content (AvgIpc) is 2.74. The number of hydrogen-bond acceptors (Lipinski definition) is 6. The van der Waals surface area contributed by atoms with Gasteiger partial charge in [-0.05, 0) is 24.7 Å². The van der Waals surface area contributed by atoms with E-state index in [1.807, 2.05) is 27.0 Å². The van der Waals surface area contributed by atoms with Crippen LogP contribution in [0, 0.1) is 0 Å². The Hall–Kier alpha value is -0.660. The minimum absolute atomic E-state index is 0.216. The molecule has 1 atom stereocenters. The zero-order valence-corrected chi connectivity index (χ0v) is 13.6. The van der Waals surface area contributed by atoms with Crippen LogP contribution in [0.3, 0.4) is 0 Å². The molecule has 0 aliphatic heterocycles. The number of aromatic nitrogens is 2. The molecular weight excluding hydrogens is 282 g/mol. The highest BCUT2D eigenvalue weighted by Gasteiger charge is 2.27. The van der Waals surface area contributed by atoms with Gasteiger partial charge in [0.1, 0.15) is 4.88 Å². The molecule has 5 nitrogen and oxygen atoms in total. The fourth-order valence-electron chi connectivity index (χ4n) is 1.54. The molecule has 0 aliphatic carbocycles. The Morgan fingerprint density at radius 1 is 1.42 bits per heavy atom. The second-order valence-electron chi connectivity index (χ2n) is 5.81. The first-order valence-electron chi connectivity index (χ1n) is 6.00. The summed E-state index contributed by atoms with van der Waals surface area (Å²) in [4.78, 5) is 12.6. The van der Waals surface area contributed by atoms with Crippen LogP contribution in [0.1, 0.15) is 43.1 Å². The molecule has 1 unspecified atom stereocenters. The van der Waals surface area contributed by atoms with Crippen molar-refractivity contribution in [3.05, 3.63) is 10.6 Å². The van der Waals surface area contributed by atoms with Gasteiger partial charge in [-0.3, -0.25) is 4.79 Å². The molecule has 1 amide bonds. The number of carbonyl (C=O) groups excluding carboxylic acids is 1. The molecule has 1 rings (SSSR count). The van der Waals surface area contributed by atoms with Crippen LogP contribution in [-0.2, 0) is 5.41 Å². The second kappa shape index (κ2) is 6.19. The van der Waals surface area contributed by atoms with Gasteiger partial charge < -0.3 is 10.4 Å². The van der Waals surface area contributed by atoms with Crippen molar-refractivity contribution in [3.63, 3.8) is 0 Å². The van der Waals surface area contributed by atoms with Crippen LogP contribution in [-0.4, -0.2) is 44.8 Å². The Morgan fingerprint density at radius 3 is 2.58 bits per heavy atom. The predicted octanol–water partition coefficient (Wildman–Crippen LogP) is 1.68. The normalized spacial score (nSPS) is 15.1. The third-order valence-corrected chi connectivity index (χ3v) is 4.12. The van der Waals surface area contributed by atoms with Gasteiger partial charge in [-0.15, -0.1) is 5.10 Å². The highest BCUT2D eigenvalue weighted by Crippen LogP contribution is 2.25. The van der Waals surface area contributed by atoms with Crippen LogP contribution in [0.5, 0.6) is 0 Å². The first kappa shape index (κ1) is 16.4. The van der Waals surface area contributed by atoms with E-state index >= 15 is 0 Å². The maximum Gasteiger partial charge on any atom is 0.265 e. The van der Waals surface area contributed by atoms with Crippen molar-refractivity contribution in [1.29, 1.82) is 0 Å². The van der Waals surface area contributed by atoms with Crippen molar-refractivity contribution in [3.8, 4) is 0 Å². The summed E-state index contributed by atoms with van der Waals surface area (Å²) in [5.41, 5.74) is -0.434. The fraction of sp³-hybridized carbons (Fsp3) is 0.750. The van der Waals surface area contributed by atoms with Crippen molar-refractivity contribution in [1.82, 2.24) is 14.9 Å².